The van der Waals surface area contributed by atoms with E-state index in [1.165, 1.54) is 11.0 Å². The molecule has 2 aromatic carbocycles. The van der Waals surface area contributed by atoms with Crippen molar-refractivity contribution < 1.29 is 18.4 Å². The SMILES string of the molecule is O=C(c1ccccc1)N1CCN(C(=O)c2c(F)cccc2F)CC1. The molecule has 4 nitrogen and oxygen atoms in total. The Bertz CT molecular complexity index is 737. The lowest BCUT2D eigenvalue weighted by Gasteiger charge is -2.35. The van der Waals surface area contributed by atoms with Gasteiger partial charge >= 0.3 is 0 Å². The third-order valence-corrected chi connectivity index (χ3v) is 4.05. The number of rotatable bonds is 2. The maximum absolute atomic E-state index is 13.7. The van der Waals surface area contributed by atoms with Crippen molar-refractivity contribution in [3.8, 4) is 0 Å². The van der Waals surface area contributed by atoms with Crippen molar-refractivity contribution in [1.82, 2.24) is 9.80 Å². The lowest BCUT2D eigenvalue weighted by Crippen LogP contribution is -2.50. The number of hydrogen-bond acceptors (Lipinski definition) is 2. The summed E-state index contributed by atoms with van der Waals surface area (Å²) in [6.07, 6.45) is 0. The summed E-state index contributed by atoms with van der Waals surface area (Å²) in [7, 11) is 0. The molecule has 1 fully saturated rings. The van der Waals surface area contributed by atoms with Crippen molar-refractivity contribution in [3.63, 3.8) is 0 Å². The molecule has 0 bridgehead atoms. The van der Waals surface area contributed by atoms with Crippen LogP contribution in [-0.4, -0.2) is 47.8 Å². The predicted octanol–water partition coefficient (Wildman–Crippen LogP) is 2.56. The summed E-state index contributed by atoms with van der Waals surface area (Å²) < 4.78 is 27.5. The Morgan fingerprint density at radius 3 is 1.75 bits per heavy atom. The average Bonchev–Trinajstić information content (AvgIpc) is 2.62. The van der Waals surface area contributed by atoms with Crippen LogP contribution in [0.4, 0.5) is 8.78 Å². The van der Waals surface area contributed by atoms with E-state index in [0.29, 0.717) is 18.7 Å². The first-order valence-corrected chi connectivity index (χ1v) is 7.65. The first kappa shape index (κ1) is 16.1. The molecule has 0 radical (unpaired) electrons. The van der Waals surface area contributed by atoms with Gasteiger partial charge in [-0.15, -0.1) is 0 Å². The second-order valence-corrected chi connectivity index (χ2v) is 5.55. The van der Waals surface area contributed by atoms with Crippen LogP contribution >= 0.6 is 0 Å². The van der Waals surface area contributed by atoms with Gasteiger partial charge in [0.2, 0.25) is 0 Å². The molecular weight excluding hydrogens is 314 g/mol. The van der Waals surface area contributed by atoms with Crippen LogP contribution in [0.3, 0.4) is 0 Å². The fourth-order valence-corrected chi connectivity index (χ4v) is 2.74. The zero-order valence-corrected chi connectivity index (χ0v) is 12.9. The number of amides is 2. The third kappa shape index (κ3) is 3.13. The second-order valence-electron chi connectivity index (χ2n) is 5.55. The summed E-state index contributed by atoms with van der Waals surface area (Å²) in [6.45, 7) is 1.14. The summed E-state index contributed by atoms with van der Waals surface area (Å²) >= 11 is 0. The number of benzene rings is 2. The largest absolute Gasteiger partial charge is 0.335 e. The van der Waals surface area contributed by atoms with Crippen LogP contribution in [0.1, 0.15) is 20.7 Å². The van der Waals surface area contributed by atoms with Gasteiger partial charge in [0, 0.05) is 31.7 Å². The fourth-order valence-electron chi connectivity index (χ4n) is 2.74. The van der Waals surface area contributed by atoms with Crippen LogP contribution in [0.5, 0.6) is 0 Å². The smallest absolute Gasteiger partial charge is 0.259 e. The van der Waals surface area contributed by atoms with Crippen LogP contribution in [0.15, 0.2) is 48.5 Å². The Kier molecular flexibility index (Phi) is 4.55. The van der Waals surface area contributed by atoms with E-state index in [1.54, 1.807) is 29.2 Å². The van der Waals surface area contributed by atoms with Gasteiger partial charge in [-0.3, -0.25) is 9.59 Å². The molecule has 2 aromatic rings. The molecule has 2 amide bonds. The van der Waals surface area contributed by atoms with Crippen molar-refractivity contribution in [2.24, 2.45) is 0 Å². The molecule has 0 N–H and O–H groups in total. The fraction of sp³-hybridized carbons (Fsp3) is 0.222. The zero-order valence-electron chi connectivity index (χ0n) is 12.9. The van der Waals surface area contributed by atoms with Crippen molar-refractivity contribution in [3.05, 3.63) is 71.3 Å². The first-order chi connectivity index (χ1) is 11.6. The maximum atomic E-state index is 13.7. The Labute approximate surface area is 138 Å². The highest BCUT2D eigenvalue weighted by Crippen LogP contribution is 2.17. The molecular formula is C18H16F2N2O2. The predicted molar refractivity (Wildman–Crippen MR) is 84.6 cm³/mol. The molecule has 0 unspecified atom stereocenters. The normalized spacial score (nSPS) is 14.6. The Morgan fingerprint density at radius 1 is 0.708 bits per heavy atom. The lowest BCUT2D eigenvalue weighted by atomic mass is 10.1. The molecule has 0 aromatic heterocycles. The van der Waals surface area contributed by atoms with Gasteiger partial charge in [0.05, 0.1) is 0 Å². The number of hydrogen-bond donors (Lipinski definition) is 0. The minimum atomic E-state index is -0.872. The highest BCUT2D eigenvalue weighted by atomic mass is 19.1. The van der Waals surface area contributed by atoms with E-state index in [0.717, 1.165) is 12.1 Å². The number of carbonyl (C=O) groups is 2. The second kappa shape index (κ2) is 6.78. The number of nitrogens with zero attached hydrogens (tertiary/aromatic N) is 2. The quantitative estimate of drug-likeness (QED) is 0.849. The van der Waals surface area contributed by atoms with E-state index in [1.807, 2.05) is 6.07 Å². The van der Waals surface area contributed by atoms with E-state index < -0.39 is 23.1 Å². The molecule has 0 atom stereocenters. The van der Waals surface area contributed by atoms with Gasteiger partial charge in [0.15, 0.2) is 0 Å². The average molecular weight is 330 g/mol. The highest BCUT2D eigenvalue weighted by Gasteiger charge is 2.28. The van der Waals surface area contributed by atoms with Gasteiger partial charge in [-0.25, -0.2) is 8.78 Å². The van der Waals surface area contributed by atoms with Crippen LogP contribution in [0.25, 0.3) is 0 Å². The summed E-state index contributed by atoms with van der Waals surface area (Å²) in [4.78, 5) is 27.7. The molecule has 1 aliphatic rings. The summed E-state index contributed by atoms with van der Waals surface area (Å²) in [5.74, 6) is -2.54. The molecule has 1 heterocycles. The molecule has 0 spiro atoms. The van der Waals surface area contributed by atoms with Crippen molar-refractivity contribution in [2.45, 2.75) is 0 Å². The third-order valence-electron chi connectivity index (χ3n) is 4.05. The minimum Gasteiger partial charge on any atom is -0.335 e. The molecule has 0 saturated carbocycles. The van der Waals surface area contributed by atoms with E-state index in [-0.39, 0.29) is 19.0 Å². The topological polar surface area (TPSA) is 40.6 Å². The van der Waals surface area contributed by atoms with Gasteiger partial charge < -0.3 is 9.80 Å². The summed E-state index contributed by atoms with van der Waals surface area (Å²) in [5.41, 5.74) is 0.0396. The molecule has 1 saturated heterocycles. The molecule has 3 rings (SSSR count). The van der Waals surface area contributed by atoms with Crippen molar-refractivity contribution in [2.75, 3.05) is 26.2 Å². The summed E-state index contributed by atoms with van der Waals surface area (Å²) in [5, 5.41) is 0. The molecule has 0 aliphatic carbocycles. The Balaban J connectivity index is 1.67. The molecule has 6 heteroatoms. The first-order valence-electron chi connectivity index (χ1n) is 7.65. The molecule has 1 aliphatic heterocycles. The maximum Gasteiger partial charge on any atom is 0.259 e. The zero-order chi connectivity index (χ0) is 17.1. The molecule has 24 heavy (non-hydrogen) atoms. The van der Waals surface area contributed by atoms with Gasteiger partial charge in [-0.1, -0.05) is 24.3 Å². The standard InChI is InChI=1S/C18H16F2N2O2/c19-14-7-4-8-15(20)16(14)18(24)22-11-9-21(10-12-22)17(23)13-5-2-1-3-6-13/h1-8H,9-12H2. The number of carbonyl (C=O) groups excluding carboxylic acids is 2. The number of piperazine rings is 1. The summed E-state index contributed by atoms with van der Waals surface area (Å²) in [6, 6.07) is 12.2. The minimum absolute atomic E-state index is 0.111. The van der Waals surface area contributed by atoms with Crippen LogP contribution in [-0.2, 0) is 0 Å². The Hall–Kier alpha value is -2.76. The van der Waals surface area contributed by atoms with Crippen molar-refractivity contribution >= 4 is 11.8 Å². The van der Waals surface area contributed by atoms with Gasteiger partial charge in [-0.05, 0) is 24.3 Å². The van der Waals surface area contributed by atoms with E-state index in [2.05, 4.69) is 0 Å². The van der Waals surface area contributed by atoms with E-state index in [9.17, 15) is 18.4 Å². The van der Waals surface area contributed by atoms with Gasteiger partial charge in [0.25, 0.3) is 11.8 Å². The van der Waals surface area contributed by atoms with E-state index >= 15 is 0 Å². The monoisotopic (exact) mass is 330 g/mol. The Morgan fingerprint density at radius 2 is 1.21 bits per heavy atom. The van der Waals surface area contributed by atoms with Crippen molar-refractivity contribution in [1.29, 1.82) is 0 Å². The van der Waals surface area contributed by atoms with Crippen LogP contribution < -0.4 is 0 Å². The lowest BCUT2D eigenvalue weighted by molar-refractivity contribution is 0.0530. The van der Waals surface area contributed by atoms with E-state index in [4.69, 9.17) is 0 Å². The van der Waals surface area contributed by atoms with Crippen LogP contribution in [0.2, 0.25) is 0 Å². The number of halogens is 2. The highest BCUT2D eigenvalue weighted by molar-refractivity contribution is 5.96. The molecule has 124 valence electrons. The van der Waals surface area contributed by atoms with Crippen LogP contribution in [0, 0.1) is 11.6 Å². The van der Waals surface area contributed by atoms with Gasteiger partial charge in [-0.2, -0.15) is 0 Å². The van der Waals surface area contributed by atoms with Gasteiger partial charge in [0.1, 0.15) is 17.2 Å².